The number of ether oxygens (including phenoxy) is 1. The SMILES string of the molecule is CCOP(=O)(OCC)C(Cc1ccccc1)NC(=O)CCCCCCCCCCCOC. The van der Waals surface area contributed by atoms with Crippen molar-refractivity contribution >= 4 is 13.5 Å². The first kappa shape index (κ1) is 28.8. The van der Waals surface area contributed by atoms with Gasteiger partial charge in [-0.3, -0.25) is 9.36 Å². The number of hydrogen-bond acceptors (Lipinski definition) is 5. The molecular weight excluding hydrogens is 425 g/mol. The number of benzene rings is 1. The molecule has 6 nitrogen and oxygen atoms in total. The third kappa shape index (κ3) is 12.7. The van der Waals surface area contributed by atoms with Crippen LogP contribution in [0.2, 0.25) is 0 Å². The molecule has 1 atom stereocenters. The fourth-order valence-corrected chi connectivity index (χ4v) is 5.57. The summed E-state index contributed by atoms with van der Waals surface area (Å²) in [5, 5.41) is 2.95. The highest BCUT2D eigenvalue weighted by Crippen LogP contribution is 2.53. The van der Waals surface area contributed by atoms with Crippen LogP contribution < -0.4 is 5.32 Å². The lowest BCUT2D eigenvalue weighted by molar-refractivity contribution is -0.121. The minimum absolute atomic E-state index is 0.0938. The zero-order valence-electron chi connectivity index (χ0n) is 20.4. The average molecular weight is 470 g/mol. The van der Waals surface area contributed by atoms with Gasteiger partial charge < -0.3 is 19.1 Å². The molecule has 1 unspecified atom stereocenters. The standard InChI is InChI=1S/C25H44NO5P/c1-4-30-32(28,31-5-2)25(22-23-18-14-13-15-19-23)26-24(27)20-16-11-9-7-6-8-10-12-17-21-29-3/h13-15,18-19,25H,4-12,16-17,20-22H2,1-3H3,(H,26,27). The lowest BCUT2D eigenvalue weighted by Crippen LogP contribution is -2.37. The number of rotatable bonds is 20. The number of hydrogen-bond donors (Lipinski definition) is 1. The van der Waals surface area contributed by atoms with Crippen LogP contribution in [-0.4, -0.2) is 38.6 Å². The van der Waals surface area contributed by atoms with Crippen molar-refractivity contribution < 1.29 is 23.1 Å². The fraction of sp³-hybridized carbons (Fsp3) is 0.720. The van der Waals surface area contributed by atoms with Crippen molar-refractivity contribution in [3.8, 4) is 0 Å². The summed E-state index contributed by atoms with van der Waals surface area (Å²) in [7, 11) is -1.71. The molecule has 184 valence electrons. The quantitative estimate of drug-likeness (QED) is 0.175. The molecule has 0 spiro atoms. The number of methoxy groups -OCH3 is 1. The van der Waals surface area contributed by atoms with Gasteiger partial charge in [-0.15, -0.1) is 0 Å². The molecule has 1 rings (SSSR count). The van der Waals surface area contributed by atoms with Crippen LogP contribution in [0, 0.1) is 0 Å². The second-order valence-corrected chi connectivity index (χ2v) is 10.3. The molecule has 1 aromatic carbocycles. The molecule has 0 aliphatic heterocycles. The van der Waals surface area contributed by atoms with Crippen LogP contribution in [0.5, 0.6) is 0 Å². The molecule has 0 fully saturated rings. The molecule has 1 amide bonds. The van der Waals surface area contributed by atoms with Gasteiger partial charge in [0.25, 0.3) is 0 Å². The van der Waals surface area contributed by atoms with Gasteiger partial charge in [-0.25, -0.2) is 0 Å². The van der Waals surface area contributed by atoms with Crippen molar-refractivity contribution in [1.82, 2.24) is 5.32 Å². The molecule has 0 radical (unpaired) electrons. The topological polar surface area (TPSA) is 73.9 Å². The Hall–Kier alpha value is -1.20. The van der Waals surface area contributed by atoms with E-state index in [-0.39, 0.29) is 19.1 Å². The van der Waals surface area contributed by atoms with Crippen molar-refractivity contribution in [1.29, 1.82) is 0 Å². The molecule has 0 heterocycles. The van der Waals surface area contributed by atoms with Crippen molar-refractivity contribution in [3.05, 3.63) is 35.9 Å². The summed E-state index contributed by atoms with van der Waals surface area (Å²) in [5.41, 5.74) is 0.986. The van der Waals surface area contributed by atoms with Crippen molar-refractivity contribution in [3.63, 3.8) is 0 Å². The molecule has 0 aliphatic rings. The first-order valence-electron chi connectivity index (χ1n) is 12.3. The van der Waals surface area contributed by atoms with E-state index < -0.39 is 13.4 Å². The number of amides is 1. The zero-order chi connectivity index (χ0) is 23.5. The predicted octanol–water partition coefficient (Wildman–Crippen LogP) is 6.48. The minimum atomic E-state index is -3.46. The van der Waals surface area contributed by atoms with E-state index >= 15 is 0 Å². The molecule has 7 heteroatoms. The second kappa shape index (κ2) is 18.3. The third-order valence-corrected chi connectivity index (χ3v) is 7.66. The summed E-state index contributed by atoms with van der Waals surface area (Å²) in [6.07, 6.45) is 11.3. The van der Waals surface area contributed by atoms with Crippen LogP contribution >= 0.6 is 7.60 Å². The Balaban J connectivity index is 2.40. The van der Waals surface area contributed by atoms with Gasteiger partial charge in [0.15, 0.2) is 0 Å². The summed E-state index contributed by atoms with van der Waals surface area (Å²) in [6.45, 7) is 4.97. The van der Waals surface area contributed by atoms with Gasteiger partial charge in [-0.2, -0.15) is 0 Å². The largest absolute Gasteiger partial charge is 0.385 e. The Bertz CT molecular complexity index is 630. The van der Waals surface area contributed by atoms with Gasteiger partial charge in [-0.05, 0) is 32.3 Å². The van der Waals surface area contributed by atoms with Crippen LogP contribution in [0.25, 0.3) is 0 Å². The fourth-order valence-electron chi connectivity index (χ4n) is 3.68. The Morgan fingerprint density at radius 2 is 1.41 bits per heavy atom. The van der Waals surface area contributed by atoms with Crippen molar-refractivity contribution in [2.24, 2.45) is 0 Å². The molecule has 32 heavy (non-hydrogen) atoms. The van der Waals surface area contributed by atoms with E-state index in [1.807, 2.05) is 30.3 Å². The van der Waals surface area contributed by atoms with Crippen LogP contribution in [-0.2, 0) is 29.6 Å². The maximum Gasteiger partial charge on any atom is 0.353 e. The Kier molecular flexibility index (Phi) is 16.4. The van der Waals surface area contributed by atoms with E-state index in [1.54, 1.807) is 21.0 Å². The van der Waals surface area contributed by atoms with E-state index in [4.69, 9.17) is 13.8 Å². The van der Waals surface area contributed by atoms with E-state index in [0.717, 1.165) is 37.9 Å². The number of nitrogens with one attached hydrogen (secondary N) is 1. The van der Waals surface area contributed by atoms with Crippen LogP contribution in [0.15, 0.2) is 30.3 Å². The summed E-state index contributed by atoms with van der Waals surface area (Å²) < 4.78 is 29.5. The van der Waals surface area contributed by atoms with Crippen LogP contribution in [0.1, 0.15) is 83.6 Å². The minimum Gasteiger partial charge on any atom is -0.385 e. The lowest BCUT2D eigenvalue weighted by atomic mass is 10.1. The van der Waals surface area contributed by atoms with Crippen LogP contribution in [0.4, 0.5) is 0 Å². The van der Waals surface area contributed by atoms with Gasteiger partial charge >= 0.3 is 7.60 Å². The second-order valence-electron chi connectivity index (χ2n) is 8.07. The van der Waals surface area contributed by atoms with Crippen LogP contribution in [0.3, 0.4) is 0 Å². The van der Waals surface area contributed by atoms with E-state index in [1.165, 1.54) is 32.1 Å². The Morgan fingerprint density at radius 3 is 1.94 bits per heavy atom. The highest BCUT2D eigenvalue weighted by molar-refractivity contribution is 7.54. The molecule has 1 aromatic rings. The zero-order valence-corrected chi connectivity index (χ0v) is 21.2. The number of unbranched alkanes of at least 4 members (excludes halogenated alkanes) is 8. The summed E-state index contributed by atoms with van der Waals surface area (Å²) in [6, 6.07) is 9.71. The maximum atomic E-state index is 13.3. The average Bonchev–Trinajstić information content (AvgIpc) is 2.78. The summed E-state index contributed by atoms with van der Waals surface area (Å²) in [4.78, 5) is 12.6. The van der Waals surface area contributed by atoms with E-state index in [0.29, 0.717) is 12.8 Å². The normalized spacial score (nSPS) is 12.6. The third-order valence-electron chi connectivity index (χ3n) is 5.35. The smallest absolute Gasteiger partial charge is 0.353 e. The molecule has 0 saturated heterocycles. The Morgan fingerprint density at radius 1 is 0.875 bits per heavy atom. The van der Waals surface area contributed by atoms with Gasteiger partial charge in [0.05, 0.1) is 13.2 Å². The van der Waals surface area contributed by atoms with E-state index in [9.17, 15) is 9.36 Å². The summed E-state index contributed by atoms with van der Waals surface area (Å²) in [5.74, 6) is -0.779. The molecule has 0 aromatic heterocycles. The Labute approximate surface area is 195 Å². The van der Waals surface area contributed by atoms with E-state index in [2.05, 4.69) is 5.32 Å². The van der Waals surface area contributed by atoms with Crippen molar-refractivity contribution in [2.75, 3.05) is 26.9 Å². The number of carbonyl (C=O) groups excluding carboxylic acids is 1. The molecular formula is C25H44NO5P. The number of carbonyl (C=O) groups is 1. The maximum absolute atomic E-state index is 13.3. The first-order valence-corrected chi connectivity index (χ1v) is 13.9. The molecule has 0 aliphatic carbocycles. The lowest BCUT2D eigenvalue weighted by Gasteiger charge is -2.27. The van der Waals surface area contributed by atoms with Gasteiger partial charge in [0, 0.05) is 26.6 Å². The summed E-state index contributed by atoms with van der Waals surface area (Å²) >= 11 is 0. The van der Waals surface area contributed by atoms with Gasteiger partial charge in [-0.1, -0.05) is 75.3 Å². The first-order chi connectivity index (χ1) is 15.6. The highest BCUT2D eigenvalue weighted by atomic mass is 31.2. The van der Waals surface area contributed by atoms with Crippen molar-refractivity contribution in [2.45, 2.75) is 90.3 Å². The molecule has 1 N–H and O–H groups in total. The highest BCUT2D eigenvalue weighted by Gasteiger charge is 2.36. The van der Waals surface area contributed by atoms with Gasteiger partial charge in [0.2, 0.25) is 5.91 Å². The van der Waals surface area contributed by atoms with Gasteiger partial charge in [0.1, 0.15) is 5.78 Å². The molecule has 0 bridgehead atoms. The monoisotopic (exact) mass is 469 g/mol. The molecule has 0 saturated carbocycles. The predicted molar refractivity (Wildman–Crippen MR) is 131 cm³/mol.